The van der Waals surface area contributed by atoms with Gasteiger partial charge in [-0.1, -0.05) is 12.1 Å². The highest BCUT2D eigenvalue weighted by atomic mass is 19.1. The number of rotatable bonds is 9. The molecule has 0 saturated heterocycles. The van der Waals surface area contributed by atoms with Crippen LogP contribution in [0.5, 0.6) is 5.75 Å². The lowest BCUT2D eigenvalue weighted by molar-refractivity contribution is 0.141. The first-order valence-corrected chi connectivity index (χ1v) is 10.1. The number of halogens is 2. The van der Waals surface area contributed by atoms with Gasteiger partial charge in [0.05, 0.1) is 25.5 Å². The summed E-state index contributed by atoms with van der Waals surface area (Å²) in [5, 5.41) is 6.83. The van der Waals surface area contributed by atoms with Crippen LogP contribution in [0.4, 0.5) is 19.3 Å². The van der Waals surface area contributed by atoms with Crippen LogP contribution in [-0.2, 0) is 16.0 Å². The molecule has 1 heterocycles. The topological polar surface area (TPSA) is 91.7 Å². The second-order valence-electron chi connectivity index (χ2n) is 6.87. The molecule has 8 nitrogen and oxygen atoms in total. The van der Waals surface area contributed by atoms with Crippen molar-refractivity contribution in [2.24, 2.45) is 0 Å². The predicted octanol–water partition coefficient (Wildman–Crippen LogP) is 3.83. The van der Waals surface area contributed by atoms with Crippen LogP contribution >= 0.6 is 0 Å². The molecule has 1 amide bonds. The number of aromatic nitrogens is 2. The second-order valence-corrected chi connectivity index (χ2v) is 6.87. The maximum Gasteiger partial charge on any atom is 0.411 e. The molecule has 10 heteroatoms. The van der Waals surface area contributed by atoms with Gasteiger partial charge in [-0.15, -0.1) is 0 Å². The zero-order valence-electron chi connectivity index (χ0n) is 18.1. The lowest BCUT2D eigenvalue weighted by Crippen LogP contribution is -2.23. The summed E-state index contributed by atoms with van der Waals surface area (Å²) in [6.45, 7) is 2.19. The lowest BCUT2D eigenvalue weighted by atomic mass is 10.1. The summed E-state index contributed by atoms with van der Waals surface area (Å²) in [5.74, 6) is -2.29. The number of nitrogens with one attached hydrogen (secondary N) is 1. The van der Waals surface area contributed by atoms with Crippen molar-refractivity contribution in [3.05, 3.63) is 76.1 Å². The number of carbonyl (C=O) groups excluding carboxylic acids is 1. The summed E-state index contributed by atoms with van der Waals surface area (Å²) >= 11 is 0. The number of hydrogen-bond donors (Lipinski definition) is 1. The van der Waals surface area contributed by atoms with E-state index in [2.05, 4.69) is 10.4 Å². The Kier molecular flexibility index (Phi) is 8.09. The molecule has 174 valence electrons. The minimum Gasteiger partial charge on any atom is -0.485 e. The maximum atomic E-state index is 14.4. The van der Waals surface area contributed by atoms with Crippen LogP contribution in [0.2, 0.25) is 0 Å². The average Bonchev–Trinajstić information content (AvgIpc) is 2.77. The van der Waals surface area contributed by atoms with Crippen molar-refractivity contribution in [1.82, 2.24) is 9.78 Å². The summed E-state index contributed by atoms with van der Waals surface area (Å²) < 4.78 is 44.7. The van der Waals surface area contributed by atoms with Gasteiger partial charge in [0.1, 0.15) is 6.61 Å². The molecule has 0 aliphatic heterocycles. The number of ether oxygens (including phenoxy) is 3. The highest BCUT2D eigenvalue weighted by molar-refractivity contribution is 5.84. The monoisotopic (exact) mass is 459 g/mol. The third kappa shape index (κ3) is 6.36. The molecule has 0 unspecified atom stereocenters. The Labute approximate surface area is 188 Å². The van der Waals surface area contributed by atoms with Crippen molar-refractivity contribution in [3.63, 3.8) is 0 Å². The Morgan fingerprint density at radius 1 is 1.09 bits per heavy atom. The zero-order chi connectivity index (χ0) is 23.8. The molecule has 1 aromatic heterocycles. The van der Waals surface area contributed by atoms with E-state index in [9.17, 15) is 18.4 Å². The quantitative estimate of drug-likeness (QED) is 0.489. The van der Waals surface area contributed by atoms with Crippen LogP contribution in [0.1, 0.15) is 12.5 Å². The van der Waals surface area contributed by atoms with E-state index in [1.54, 1.807) is 31.2 Å². The minimum absolute atomic E-state index is 0.00307. The Balaban J connectivity index is 1.83. The zero-order valence-corrected chi connectivity index (χ0v) is 18.1. The average molecular weight is 459 g/mol. The van der Waals surface area contributed by atoms with Crippen molar-refractivity contribution < 1.29 is 27.8 Å². The minimum atomic E-state index is -0.890. The molecule has 1 N–H and O–H groups in total. The first-order chi connectivity index (χ1) is 15.9. The van der Waals surface area contributed by atoms with E-state index in [-0.39, 0.29) is 37.6 Å². The molecule has 3 aromatic rings. The van der Waals surface area contributed by atoms with E-state index < -0.39 is 29.0 Å². The molecule has 33 heavy (non-hydrogen) atoms. The molecule has 0 atom stereocenters. The van der Waals surface area contributed by atoms with Gasteiger partial charge >= 0.3 is 6.09 Å². The van der Waals surface area contributed by atoms with Gasteiger partial charge in [-0.3, -0.25) is 10.1 Å². The summed E-state index contributed by atoms with van der Waals surface area (Å²) in [7, 11) is 1.45. The van der Waals surface area contributed by atoms with E-state index >= 15 is 0 Å². The Hall–Kier alpha value is -3.79. The summed E-state index contributed by atoms with van der Waals surface area (Å²) in [5.41, 5.74) is 1.12. The largest absolute Gasteiger partial charge is 0.485 e. The van der Waals surface area contributed by atoms with E-state index in [1.165, 1.54) is 19.2 Å². The Morgan fingerprint density at radius 3 is 2.55 bits per heavy atom. The van der Waals surface area contributed by atoms with Crippen LogP contribution in [0.25, 0.3) is 11.3 Å². The van der Waals surface area contributed by atoms with E-state index in [0.717, 1.165) is 16.8 Å². The molecule has 0 fully saturated rings. The molecule has 2 aromatic carbocycles. The molecule has 0 aliphatic rings. The molecular formula is C23H23F2N3O5. The number of carbonyl (C=O) groups is 1. The normalized spacial score (nSPS) is 10.7. The lowest BCUT2D eigenvalue weighted by Gasteiger charge is -2.11. The summed E-state index contributed by atoms with van der Waals surface area (Å²) in [6, 6.07) is 11.6. The highest BCUT2D eigenvalue weighted by Crippen LogP contribution is 2.28. The van der Waals surface area contributed by atoms with Crippen LogP contribution in [-0.4, -0.2) is 42.8 Å². The standard InChI is InChI=1S/C23H23F2N3O5/c1-3-32-23(30)26-17-6-4-5-15(11-17)14-28-21(29)8-7-20(27-28)16-12-18(24)22(19(25)13-16)33-10-9-31-2/h4-8,11-13H,3,9-10,14H2,1-2H3,(H,26,30). The van der Waals surface area contributed by atoms with Crippen molar-refractivity contribution >= 4 is 11.8 Å². The third-order valence-electron chi connectivity index (χ3n) is 4.48. The third-order valence-corrected chi connectivity index (χ3v) is 4.48. The molecular weight excluding hydrogens is 436 g/mol. The van der Waals surface area contributed by atoms with Crippen LogP contribution in [0, 0.1) is 11.6 Å². The van der Waals surface area contributed by atoms with Crippen molar-refractivity contribution in [2.45, 2.75) is 13.5 Å². The van der Waals surface area contributed by atoms with Gasteiger partial charge in [-0.25, -0.2) is 18.3 Å². The number of anilines is 1. The highest BCUT2D eigenvalue weighted by Gasteiger charge is 2.15. The molecule has 0 saturated carbocycles. The predicted molar refractivity (Wildman–Crippen MR) is 117 cm³/mol. The first-order valence-electron chi connectivity index (χ1n) is 10.1. The van der Waals surface area contributed by atoms with Crippen molar-refractivity contribution in [1.29, 1.82) is 0 Å². The molecule has 0 radical (unpaired) electrons. The van der Waals surface area contributed by atoms with Crippen molar-refractivity contribution in [3.8, 4) is 17.0 Å². The van der Waals surface area contributed by atoms with Gasteiger partial charge in [0, 0.05) is 24.4 Å². The first kappa shape index (κ1) is 23.9. The van der Waals surface area contributed by atoms with Gasteiger partial charge in [-0.05, 0) is 42.8 Å². The number of nitrogens with zero attached hydrogens (tertiary/aromatic N) is 2. The number of amides is 1. The molecule has 0 bridgehead atoms. The van der Waals surface area contributed by atoms with Crippen LogP contribution in [0.3, 0.4) is 0 Å². The Morgan fingerprint density at radius 2 is 1.85 bits per heavy atom. The van der Waals surface area contributed by atoms with Gasteiger partial charge in [0.25, 0.3) is 5.56 Å². The fourth-order valence-corrected chi connectivity index (χ4v) is 2.99. The Bertz CT molecular complexity index is 1160. The molecule has 0 aliphatic carbocycles. The SMILES string of the molecule is CCOC(=O)Nc1cccc(Cn2nc(-c3cc(F)c(OCCOC)c(F)c3)ccc2=O)c1. The summed E-state index contributed by atoms with van der Waals surface area (Å²) in [4.78, 5) is 23.9. The van der Waals surface area contributed by atoms with E-state index in [4.69, 9.17) is 14.2 Å². The van der Waals surface area contributed by atoms with Gasteiger partial charge < -0.3 is 14.2 Å². The number of benzene rings is 2. The fraction of sp³-hybridized carbons (Fsp3) is 0.261. The van der Waals surface area contributed by atoms with Crippen molar-refractivity contribution in [2.75, 3.05) is 32.2 Å². The van der Waals surface area contributed by atoms with Crippen LogP contribution < -0.4 is 15.6 Å². The number of hydrogen-bond acceptors (Lipinski definition) is 6. The number of methoxy groups -OCH3 is 1. The van der Waals surface area contributed by atoms with Crippen LogP contribution in [0.15, 0.2) is 53.3 Å². The van der Waals surface area contributed by atoms with E-state index in [0.29, 0.717) is 11.3 Å². The van der Waals surface area contributed by atoms with E-state index in [1.807, 2.05) is 0 Å². The van der Waals surface area contributed by atoms with Gasteiger partial charge in [0.15, 0.2) is 17.4 Å². The second kappa shape index (κ2) is 11.2. The smallest absolute Gasteiger partial charge is 0.411 e. The summed E-state index contributed by atoms with van der Waals surface area (Å²) in [6.07, 6.45) is -0.592. The van der Waals surface area contributed by atoms with Gasteiger partial charge in [-0.2, -0.15) is 5.10 Å². The maximum absolute atomic E-state index is 14.4. The van der Waals surface area contributed by atoms with Gasteiger partial charge in [0.2, 0.25) is 0 Å². The molecule has 3 rings (SSSR count). The molecule has 0 spiro atoms. The fourth-order valence-electron chi connectivity index (χ4n) is 2.99.